The summed E-state index contributed by atoms with van der Waals surface area (Å²) in [6, 6.07) is 9.57. The van der Waals surface area contributed by atoms with Crippen LogP contribution in [0, 0.1) is 11.8 Å². The third-order valence-electron chi connectivity index (χ3n) is 3.02. The van der Waals surface area contributed by atoms with Crippen molar-refractivity contribution in [3.8, 4) is 0 Å². The molecule has 0 saturated heterocycles. The van der Waals surface area contributed by atoms with Crippen LogP contribution >= 0.6 is 0 Å². The lowest BCUT2D eigenvalue weighted by molar-refractivity contribution is 0.139. The van der Waals surface area contributed by atoms with Crippen molar-refractivity contribution in [1.82, 2.24) is 5.32 Å². The number of hydrogen-bond donors (Lipinski definition) is 2. The zero-order valence-electron chi connectivity index (χ0n) is 9.63. The molecule has 1 aromatic rings. The van der Waals surface area contributed by atoms with E-state index in [9.17, 15) is 4.79 Å². The van der Waals surface area contributed by atoms with E-state index in [2.05, 4.69) is 5.32 Å². The number of carbonyl (C=O) groups is 1. The smallest absolute Gasteiger partial charge is 0.407 e. The minimum atomic E-state index is -0.391. The molecule has 1 aromatic carbocycles. The fourth-order valence-electron chi connectivity index (χ4n) is 1.77. The van der Waals surface area contributed by atoms with Crippen LogP contribution in [0.4, 0.5) is 4.79 Å². The van der Waals surface area contributed by atoms with E-state index in [4.69, 9.17) is 9.84 Å². The first-order valence-corrected chi connectivity index (χ1v) is 5.85. The first-order valence-electron chi connectivity index (χ1n) is 5.85. The molecule has 1 saturated carbocycles. The zero-order valence-corrected chi connectivity index (χ0v) is 9.63. The van der Waals surface area contributed by atoms with Crippen LogP contribution in [-0.2, 0) is 11.3 Å². The van der Waals surface area contributed by atoms with Gasteiger partial charge >= 0.3 is 6.09 Å². The van der Waals surface area contributed by atoms with Crippen LogP contribution in [0.5, 0.6) is 0 Å². The second-order valence-corrected chi connectivity index (χ2v) is 4.38. The molecule has 2 atom stereocenters. The first-order chi connectivity index (χ1) is 8.29. The number of aliphatic hydroxyl groups is 1. The Morgan fingerprint density at radius 1 is 1.35 bits per heavy atom. The molecule has 17 heavy (non-hydrogen) atoms. The maximum atomic E-state index is 11.3. The molecule has 4 nitrogen and oxygen atoms in total. The molecule has 2 N–H and O–H groups in total. The van der Waals surface area contributed by atoms with Gasteiger partial charge in [-0.2, -0.15) is 0 Å². The van der Waals surface area contributed by atoms with Gasteiger partial charge in [0.2, 0.25) is 0 Å². The van der Waals surface area contributed by atoms with Crippen LogP contribution < -0.4 is 5.32 Å². The number of hydrogen-bond acceptors (Lipinski definition) is 3. The average Bonchev–Trinajstić information content (AvgIpc) is 3.14. The number of benzene rings is 1. The summed E-state index contributed by atoms with van der Waals surface area (Å²) in [5, 5.41) is 11.6. The van der Waals surface area contributed by atoms with E-state index in [0.29, 0.717) is 25.0 Å². The Balaban J connectivity index is 1.61. The molecule has 0 radical (unpaired) electrons. The number of nitrogens with one attached hydrogen (secondary N) is 1. The van der Waals surface area contributed by atoms with Crippen LogP contribution in [-0.4, -0.2) is 24.4 Å². The predicted molar refractivity (Wildman–Crippen MR) is 63.3 cm³/mol. The molecule has 0 bridgehead atoms. The van der Waals surface area contributed by atoms with E-state index < -0.39 is 6.09 Å². The molecule has 0 aromatic heterocycles. The summed E-state index contributed by atoms with van der Waals surface area (Å²) in [5.74, 6) is 0.786. The van der Waals surface area contributed by atoms with Crippen molar-refractivity contribution in [2.24, 2.45) is 11.8 Å². The van der Waals surface area contributed by atoms with Crippen molar-refractivity contribution in [1.29, 1.82) is 0 Å². The summed E-state index contributed by atoms with van der Waals surface area (Å²) in [4.78, 5) is 11.3. The number of alkyl carbamates (subject to hydrolysis) is 1. The number of carbonyl (C=O) groups excluding carboxylic acids is 1. The fourth-order valence-corrected chi connectivity index (χ4v) is 1.77. The van der Waals surface area contributed by atoms with Crippen molar-refractivity contribution in [3.05, 3.63) is 35.9 Å². The van der Waals surface area contributed by atoms with E-state index in [0.717, 1.165) is 12.0 Å². The topological polar surface area (TPSA) is 58.6 Å². The second-order valence-electron chi connectivity index (χ2n) is 4.38. The van der Waals surface area contributed by atoms with Crippen molar-refractivity contribution in [2.75, 3.05) is 13.2 Å². The molecule has 1 aliphatic carbocycles. The SMILES string of the molecule is O=C(NC[C@@H]1C[C@H]1CO)OCc1ccccc1. The standard InChI is InChI=1S/C13H17NO3/c15-8-12-6-11(12)7-14-13(16)17-9-10-4-2-1-3-5-10/h1-5,11-12,15H,6-9H2,(H,14,16)/t11-,12-/m0/s1. The van der Waals surface area contributed by atoms with Crippen molar-refractivity contribution >= 4 is 6.09 Å². The summed E-state index contributed by atoms with van der Waals surface area (Å²) in [6.07, 6.45) is 0.604. The van der Waals surface area contributed by atoms with Gasteiger partial charge in [0.25, 0.3) is 0 Å². The summed E-state index contributed by atoms with van der Waals surface area (Å²) < 4.78 is 5.06. The predicted octanol–water partition coefficient (Wildman–Crippen LogP) is 1.54. The summed E-state index contributed by atoms with van der Waals surface area (Å²) in [7, 11) is 0. The molecule has 0 spiro atoms. The minimum Gasteiger partial charge on any atom is -0.445 e. The summed E-state index contributed by atoms with van der Waals surface area (Å²) in [5.41, 5.74) is 0.974. The van der Waals surface area contributed by atoms with Gasteiger partial charge in [-0.05, 0) is 23.8 Å². The monoisotopic (exact) mass is 235 g/mol. The molecule has 92 valence electrons. The highest BCUT2D eigenvalue weighted by atomic mass is 16.5. The largest absolute Gasteiger partial charge is 0.445 e. The fraction of sp³-hybridized carbons (Fsp3) is 0.462. The van der Waals surface area contributed by atoms with E-state index >= 15 is 0 Å². The molecule has 0 unspecified atom stereocenters. The van der Waals surface area contributed by atoms with Crippen LogP contribution in [0.15, 0.2) is 30.3 Å². The lowest BCUT2D eigenvalue weighted by Gasteiger charge is -2.06. The Morgan fingerprint density at radius 3 is 2.76 bits per heavy atom. The highest BCUT2D eigenvalue weighted by Crippen LogP contribution is 2.36. The molecule has 1 amide bonds. The third-order valence-corrected chi connectivity index (χ3v) is 3.02. The lowest BCUT2D eigenvalue weighted by atomic mass is 10.2. The van der Waals surface area contributed by atoms with E-state index in [1.165, 1.54) is 0 Å². The first kappa shape index (κ1) is 11.9. The molecule has 1 aliphatic rings. The number of ether oxygens (including phenoxy) is 1. The Bertz CT molecular complexity index is 366. The Morgan fingerprint density at radius 2 is 2.12 bits per heavy atom. The van der Waals surface area contributed by atoms with Gasteiger partial charge < -0.3 is 15.2 Å². The van der Waals surface area contributed by atoms with Crippen LogP contribution in [0.1, 0.15) is 12.0 Å². The molecular formula is C13H17NO3. The van der Waals surface area contributed by atoms with Crippen molar-refractivity contribution in [2.45, 2.75) is 13.0 Å². The Kier molecular flexibility index (Phi) is 3.98. The minimum absolute atomic E-state index is 0.214. The highest BCUT2D eigenvalue weighted by Gasteiger charge is 2.36. The lowest BCUT2D eigenvalue weighted by Crippen LogP contribution is -2.26. The van der Waals surface area contributed by atoms with E-state index in [1.54, 1.807) is 0 Å². The van der Waals surface area contributed by atoms with Gasteiger partial charge in [0.15, 0.2) is 0 Å². The van der Waals surface area contributed by atoms with E-state index in [1.807, 2.05) is 30.3 Å². The summed E-state index contributed by atoms with van der Waals surface area (Å²) in [6.45, 7) is 1.10. The Hall–Kier alpha value is -1.55. The van der Waals surface area contributed by atoms with Gasteiger partial charge in [-0.25, -0.2) is 4.79 Å². The van der Waals surface area contributed by atoms with Gasteiger partial charge in [0.1, 0.15) is 6.61 Å². The number of amides is 1. The quantitative estimate of drug-likeness (QED) is 0.814. The molecule has 4 heteroatoms. The van der Waals surface area contributed by atoms with Crippen LogP contribution in [0.25, 0.3) is 0 Å². The zero-order chi connectivity index (χ0) is 12.1. The van der Waals surface area contributed by atoms with Gasteiger partial charge in [0.05, 0.1) is 0 Å². The third kappa shape index (κ3) is 3.75. The van der Waals surface area contributed by atoms with Gasteiger partial charge in [0, 0.05) is 13.2 Å². The number of rotatable bonds is 5. The highest BCUT2D eigenvalue weighted by molar-refractivity contribution is 5.67. The molecule has 1 fully saturated rings. The van der Waals surface area contributed by atoms with Crippen LogP contribution in [0.2, 0.25) is 0 Å². The van der Waals surface area contributed by atoms with Crippen LogP contribution in [0.3, 0.4) is 0 Å². The maximum Gasteiger partial charge on any atom is 0.407 e. The summed E-state index contributed by atoms with van der Waals surface area (Å²) >= 11 is 0. The number of aliphatic hydroxyl groups excluding tert-OH is 1. The normalized spacial score (nSPS) is 21.9. The average molecular weight is 235 g/mol. The maximum absolute atomic E-state index is 11.3. The van der Waals surface area contributed by atoms with Crippen molar-refractivity contribution in [3.63, 3.8) is 0 Å². The second kappa shape index (κ2) is 5.68. The van der Waals surface area contributed by atoms with Gasteiger partial charge in [-0.1, -0.05) is 30.3 Å². The Labute approximate surface area is 101 Å². The van der Waals surface area contributed by atoms with Gasteiger partial charge in [-0.3, -0.25) is 0 Å². The van der Waals surface area contributed by atoms with Gasteiger partial charge in [-0.15, -0.1) is 0 Å². The molecule has 0 heterocycles. The van der Waals surface area contributed by atoms with E-state index in [-0.39, 0.29) is 6.61 Å². The molecular weight excluding hydrogens is 218 g/mol. The molecule has 2 rings (SSSR count). The van der Waals surface area contributed by atoms with Crippen molar-refractivity contribution < 1.29 is 14.6 Å². The molecule has 0 aliphatic heterocycles.